The average Bonchev–Trinajstić information content (AvgIpc) is 2.28. The lowest BCUT2D eigenvalue weighted by Gasteiger charge is -2.43. The number of rotatable bonds is 5. The third-order valence-corrected chi connectivity index (χ3v) is 6.93. The number of halogens is 1. The maximum absolute atomic E-state index is 3.80. The first-order valence-corrected chi connectivity index (χ1v) is 9.64. The van der Waals surface area contributed by atoms with Gasteiger partial charge in [0.1, 0.15) is 0 Å². The summed E-state index contributed by atoms with van der Waals surface area (Å²) in [5.41, 5.74) is 1.11. The summed E-state index contributed by atoms with van der Waals surface area (Å²) in [6.45, 7) is 11.8. The molecule has 0 nitrogen and oxygen atoms in total. The third kappa shape index (κ3) is 5.07. The lowest BCUT2D eigenvalue weighted by molar-refractivity contribution is 0.101. The van der Waals surface area contributed by atoms with Crippen molar-refractivity contribution in [2.45, 2.75) is 72.0 Å². The molecule has 0 saturated heterocycles. The van der Waals surface area contributed by atoms with Crippen LogP contribution >= 0.6 is 27.7 Å². The molecular weight excluding hydrogens is 304 g/mol. The Balaban J connectivity index is 2.44. The lowest BCUT2D eigenvalue weighted by atomic mass is 9.64. The van der Waals surface area contributed by atoms with Crippen molar-refractivity contribution in [3.05, 3.63) is 0 Å². The van der Waals surface area contributed by atoms with Gasteiger partial charge in [0.25, 0.3) is 0 Å². The van der Waals surface area contributed by atoms with E-state index in [-0.39, 0.29) is 0 Å². The van der Waals surface area contributed by atoms with E-state index in [1.807, 2.05) is 0 Å². The molecule has 0 N–H and O–H groups in total. The Kier molecular flexibility index (Phi) is 6.58. The molecule has 0 amide bonds. The Morgan fingerprint density at radius 3 is 2.17 bits per heavy atom. The van der Waals surface area contributed by atoms with Gasteiger partial charge in [-0.2, -0.15) is 11.8 Å². The summed E-state index contributed by atoms with van der Waals surface area (Å²) in [5.74, 6) is 2.27. The van der Waals surface area contributed by atoms with E-state index in [9.17, 15) is 0 Å². The molecule has 0 spiro atoms. The molecule has 1 saturated carbocycles. The second-order valence-corrected chi connectivity index (χ2v) is 9.69. The summed E-state index contributed by atoms with van der Waals surface area (Å²) >= 11 is 5.92. The van der Waals surface area contributed by atoms with Crippen molar-refractivity contribution in [1.82, 2.24) is 0 Å². The van der Waals surface area contributed by atoms with Crippen LogP contribution in [0, 0.1) is 16.7 Å². The second-order valence-electron chi connectivity index (χ2n) is 7.44. The van der Waals surface area contributed by atoms with Gasteiger partial charge in [-0.05, 0) is 59.9 Å². The minimum atomic E-state index is 0.505. The number of thioether (sulfide) groups is 1. The van der Waals surface area contributed by atoms with Gasteiger partial charge < -0.3 is 0 Å². The fourth-order valence-electron chi connectivity index (χ4n) is 3.06. The van der Waals surface area contributed by atoms with Crippen molar-refractivity contribution in [3.8, 4) is 0 Å². The normalized spacial score (nSPS) is 29.8. The Bertz CT molecular complexity index is 234. The van der Waals surface area contributed by atoms with E-state index in [0.717, 1.165) is 11.2 Å². The summed E-state index contributed by atoms with van der Waals surface area (Å²) in [5, 5.41) is 1.98. The Morgan fingerprint density at radius 2 is 1.78 bits per heavy atom. The molecule has 2 heteroatoms. The number of alkyl halides is 1. The monoisotopic (exact) mass is 334 g/mol. The highest BCUT2D eigenvalue weighted by Crippen LogP contribution is 2.48. The third-order valence-electron chi connectivity index (χ3n) is 4.64. The predicted octanol–water partition coefficient (Wildman–Crippen LogP) is 6.14. The number of hydrogen-bond acceptors (Lipinski definition) is 1. The predicted molar refractivity (Wildman–Crippen MR) is 89.9 cm³/mol. The Morgan fingerprint density at radius 1 is 1.22 bits per heavy atom. The van der Waals surface area contributed by atoms with Crippen LogP contribution in [0.3, 0.4) is 0 Å². The SMILES string of the molecule is CC(C)SCCC1(CBr)CCC(C(C)(C)C)CC1. The van der Waals surface area contributed by atoms with E-state index in [1.54, 1.807) is 0 Å². The molecule has 1 aliphatic rings. The van der Waals surface area contributed by atoms with Crippen molar-refractivity contribution in [3.63, 3.8) is 0 Å². The highest BCUT2D eigenvalue weighted by atomic mass is 79.9. The fourth-order valence-corrected chi connectivity index (χ4v) is 4.92. The second kappa shape index (κ2) is 7.02. The zero-order chi connectivity index (χ0) is 13.8. The van der Waals surface area contributed by atoms with Gasteiger partial charge in [0.05, 0.1) is 0 Å². The van der Waals surface area contributed by atoms with Crippen LogP contribution in [0.2, 0.25) is 0 Å². The zero-order valence-electron chi connectivity index (χ0n) is 12.9. The van der Waals surface area contributed by atoms with Crippen LogP contribution in [0.5, 0.6) is 0 Å². The molecule has 1 aliphatic carbocycles. The van der Waals surface area contributed by atoms with E-state index < -0.39 is 0 Å². The quantitative estimate of drug-likeness (QED) is 0.544. The molecule has 0 aromatic rings. The smallest absolute Gasteiger partial charge is 0.00882 e. The molecule has 0 radical (unpaired) electrons. The summed E-state index contributed by atoms with van der Waals surface area (Å²) in [6, 6.07) is 0. The summed E-state index contributed by atoms with van der Waals surface area (Å²) in [6.07, 6.45) is 7.12. The van der Waals surface area contributed by atoms with Crippen molar-refractivity contribution >= 4 is 27.7 Å². The first kappa shape index (κ1) is 16.9. The summed E-state index contributed by atoms with van der Waals surface area (Å²) < 4.78 is 0. The van der Waals surface area contributed by atoms with Crippen LogP contribution < -0.4 is 0 Å². The van der Waals surface area contributed by atoms with Crippen LogP contribution in [0.25, 0.3) is 0 Å². The maximum Gasteiger partial charge on any atom is 0.00882 e. The van der Waals surface area contributed by atoms with Crippen LogP contribution in [0.1, 0.15) is 66.7 Å². The Labute approximate surface area is 127 Å². The average molecular weight is 335 g/mol. The van der Waals surface area contributed by atoms with Crippen molar-refractivity contribution in [2.24, 2.45) is 16.7 Å². The van der Waals surface area contributed by atoms with Gasteiger partial charge in [0.2, 0.25) is 0 Å². The van der Waals surface area contributed by atoms with E-state index in [0.29, 0.717) is 10.8 Å². The zero-order valence-corrected chi connectivity index (χ0v) is 15.3. The van der Waals surface area contributed by atoms with Crippen LogP contribution in [0.4, 0.5) is 0 Å². The maximum atomic E-state index is 3.80. The fraction of sp³-hybridized carbons (Fsp3) is 1.00. The standard InChI is InChI=1S/C16H31BrS/c1-13(2)18-11-10-16(12-17)8-6-14(7-9-16)15(3,4)5/h13-14H,6-12H2,1-5H3. The largest absolute Gasteiger partial charge is 0.159 e. The van der Waals surface area contributed by atoms with Crippen molar-refractivity contribution in [1.29, 1.82) is 0 Å². The number of hydrogen-bond donors (Lipinski definition) is 0. The van der Waals surface area contributed by atoms with Gasteiger partial charge >= 0.3 is 0 Å². The minimum Gasteiger partial charge on any atom is -0.159 e. The van der Waals surface area contributed by atoms with E-state index >= 15 is 0 Å². The van der Waals surface area contributed by atoms with E-state index in [4.69, 9.17) is 0 Å². The van der Waals surface area contributed by atoms with Gasteiger partial charge in [-0.3, -0.25) is 0 Å². The molecule has 0 aliphatic heterocycles. The topological polar surface area (TPSA) is 0 Å². The lowest BCUT2D eigenvalue weighted by Crippen LogP contribution is -2.34. The Hall–Kier alpha value is 0.830. The summed E-state index contributed by atoms with van der Waals surface area (Å²) in [4.78, 5) is 0. The van der Waals surface area contributed by atoms with E-state index in [1.165, 1.54) is 43.2 Å². The molecule has 0 atom stereocenters. The van der Waals surface area contributed by atoms with Gasteiger partial charge in [-0.1, -0.05) is 50.5 Å². The molecule has 0 aromatic heterocycles. The molecule has 0 bridgehead atoms. The molecule has 1 fully saturated rings. The first-order chi connectivity index (χ1) is 8.29. The van der Waals surface area contributed by atoms with E-state index in [2.05, 4.69) is 62.3 Å². The van der Waals surface area contributed by atoms with Crippen LogP contribution in [-0.4, -0.2) is 16.3 Å². The molecule has 0 aromatic carbocycles. The van der Waals surface area contributed by atoms with Crippen molar-refractivity contribution < 1.29 is 0 Å². The summed E-state index contributed by atoms with van der Waals surface area (Å²) in [7, 11) is 0. The molecule has 1 rings (SSSR count). The molecular formula is C16H31BrS. The minimum absolute atomic E-state index is 0.505. The van der Waals surface area contributed by atoms with Gasteiger partial charge in [-0.25, -0.2) is 0 Å². The first-order valence-electron chi connectivity index (χ1n) is 7.47. The molecule has 0 unspecified atom stereocenters. The van der Waals surface area contributed by atoms with Gasteiger partial charge in [-0.15, -0.1) is 0 Å². The highest BCUT2D eigenvalue weighted by molar-refractivity contribution is 9.09. The molecule has 18 heavy (non-hydrogen) atoms. The molecule has 0 heterocycles. The van der Waals surface area contributed by atoms with Crippen LogP contribution in [-0.2, 0) is 0 Å². The van der Waals surface area contributed by atoms with Crippen LogP contribution in [0.15, 0.2) is 0 Å². The van der Waals surface area contributed by atoms with Gasteiger partial charge in [0.15, 0.2) is 0 Å². The van der Waals surface area contributed by atoms with Gasteiger partial charge in [0, 0.05) is 5.33 Å². The highest BCUT2D eigenvalue weighted by Gasteiger charge is 2.37. The molecule has 108 valence electrons. The van der Waals surface area contributed by atoms with Crippen molar-refractivity contribution in [2.75, 3.05) is 11.1 Å².